The van der Waals surface area contributed by atoms with E-state index in [1.54, 1.807) is 31.5 Å². The third kappa shape index (κ3) is 2.05. The molecule has 0 aliphatic carbocycles. The Morgan fingerprint density at radius 3 is 3.05 bits per heavy atom. The second-order valence-corrected chi connectivity index (χ2v) is 5.03. The predicted molar refractivity (Wildman–Crippen MR) is 71.3 cm³/mol. The molecule has 0 bridgehead atoms. The Hall–Kier alpha value is -2.28. The van der Waals surface area contributed by atoms with Crippen LogP contribution in [0.5, 0.6) is 0 Å². The molecule has 1 aliphatic rings. The molecule has 2 N–H and O–H groups in total. The molecule has 2 aromatic rings. The number of hydrogen-bond acceptors (Lipinski definition) is 6. The Labute approximate surface area is 115 Å². The monoisotopic (exact) mass is 274 g/mol. The Kier molecular flexibility index (Phi) is 2.98. The van der Waals surface area contributed by atoms with Crippen LogP contribution in [-0.2, 0) is 9.53 Å². The summed E-state index contributed by atoms with van der Waals surface area (Å²) in [6, 6.07) is 3.23. The molecule has 3 rings (SSSR count). The number of hydrogen-bond donors (Lipinski definition) is 2. The fraction of sp³-hybridized carbons (Fsp3) is 0.385. The number of carboxylic acids is 1. The Balaban J connectivity index is 1.87. The number of pyridine rings is 1. The summed E-state index contributed by atoms with van der Waals surface area (Å²) in [5, 5.41) is 12.5. The summed E-state index contributed by atoms with van der Waals surface area (Å²) < 4.78 is 5.29. The lowest BCUT2D eigenvalue weighted by atomic mass is 9.85. The highest BCUT2D eigenvalue weighted by Crippen LogP contribution is 2.31. The first-order valence-electron chi connectivity index (χ1n) is 6.25. The zero-order valence-electron chi connectivity index (χ0n) is 10.9. The lowest BCUT2D eigenvalue weighted by Gasteiger charge is -2.25. The SMILES string of the molecule is CC1(C(=O)O)COCC1Nc1ccc2nccnc2n1. The molecule has 104 valence electrons. The number of fused-ring (bicyclic) bond motifs is 1. The molecular weight excluding hydrogens is 260 g/mol. The highest BCUT2D eigenvalue weighted by atomic mass is 16.5. The quantitative estimate of drug-likeness (QED) is 0.859. The van der Waals surface area contributed by atoms with Crippen molar-refractivity contribution < 1.29 is 14.6 Å². The Bertz CT molecular complexity index is 663. The van der Waals surface area contributed by atoms with Crippen LogP contribution in [0.3, 0.4) is 0 Å². The summed E-state index contributed by atoms with van der Waals surface area (Å²) in [5.74, 6) is -0.311. The third-order valence-electron chi connectivity index (χ3n) is 3.60. The zero-order valence-corrected chi connectivity index (χ0v) is 10.9. The molecule has 0 saturated carbocycles. The van der Waals surface area contributed by atoms with Crippen LogP contribution in [0.2, 0.25) is 0 Å². The molecule has 0 radical (unpaired) electrons. The highest BCUT2D eigenvalue weighted by Gasteiger charge is 2.46. The van der Waals surface area contributed by atoms with E-state index >= 15 is 0 Å². The van der Waals surface area contributed by atoms with Crippen molar-refractivity contribution in [3.8, 4) is 0 Å². The molecule has 7 nitrogen and oxygen atoms in total. The van der Waals surface area contributed by atoms with E-state index in [1.807, 2.05) is 0 Å². The van der Waals surface area contributed by atoms with Crippen molar-refractivity contribution >= 4 is 23.0 Å². The van der Waals surface area contributed by atoms with Crippen LogP contribution in [0.15, 0.2) is 24.5 Å². The summed E-state index contributed by atoms with van der Waals surface area (Å²) in [6.07, 6.45) is 3.17. The minimum Gasteiger partial charge on any atom is -0.481 e. The van der Waals surface area contributed by atoms with Crippen LogP contribution in [0.25, 0.3) is 11.2 Å². The highest BCUT2D eigenvalue weighted by molar-refractivity contribution is 5.77. The van der Waals surface area contributed by atoms with Crippen LogP contribution in [-0.4, -0.2) is 45.3 Å². The third-order valence-corrected chi connectivity index (χ3v) is 3.60. The van der Waals surface area contributed by atoms with Crippen molar-refractivity contribution in [3.05, 3.63) is 24.5 Å². The van der Waals surface area contributed by atoms with E-state index in [0.29, 0.717) is 23.6 Å². The van der Waals surface area contributed by atoms with Gasteiger partial charge < -0.3 is 15.2 Å². The maximum Gasteiger partial charge on any atom is 0.313 e. The van der Waals surface area contributed by atoms with Crippen LogP contribution in [0.1, 0.15) is 6.92 Å². The van der Waals surface area contributed by atoms with E-state index in [9.17, 15) is 9.90 Å². The lowest BCUT2D eigenvalue weighted by molar-refractivity contribution is -0.148. The average molecular weight is 274 g/mol. The summed E-state index contributed by atoms with van der Waals surface area (Å²) >= 11 is 0. The number of rotatable bonds is 3. The molecule has 0 aromatic carbocycles. The number of aliphatic carboxylic acids is 1. The number of nitrogens with one attached hydrogen (secondary N) is 1. The van der Waals surface area contributed by atoms with E-state index in [1.165, 1.54) is 0 Å². The lowest BCUT2D eigenvalue weighted by Crippen LogP contribution is -2.43. The van der Waals surface area contributed by atoms with Crippen LogP contribution in [0.4, 0.5) is 5.82 Å². The van der Waals surface area contributed by atoms with Crippen molar-refractivity contribution in [2.75, 3.05) is 18.5 Å². The van der Waals surface area contributed by atoms with Gasteiger partial charge >= 0.3 is 5.97 Å². The van der Waals surface area contributed by atoms with E-state index < -0.39 is 11.4 Å². The molecule has 0 spiro atoms. The molecule has 2 unspecified atom stereocenters. The van der Waals surface area contributed by atoms with Gasteiger partial charge in [0, 0.05) is 12.4 Å². The van der Waals surface area contributed by atoms with Gasteiger partial charge in [0.1, 0.15) is 16.7 Å². The summed E-state index contributed by atoms with van der Waals surface area (Å²) in [6.45, 7) is 2.19. The van der Waals surface area contributed by atoms with Gasteiger partial charge in [-0.3, -0.25) is 9.78 Å². The van der Waals surface area contributed by atoms with Gasteiger partial charge in [-0.05, 0) is 19.1 Å². The fourth-order valence-corrected chi connectivity index (χ4v) is 2.20. The molecule has 20 heavy (non-hydrogen) atoms. The molecular formula is C13H14N4O3. The fourth-order valence-electron chi connectivity index (χ4n) is 2.20. The Morgan fingerprint density at radius 1 is 1.45 bits per heavy atom. The second-order valence-electron chi connectivity index (χ2n) is 5.03. The molecule has 1 saturated heterocycles. The van der Waals surface area contributed by atoms with Crippen molar-refractivity contribution in [1.82, 2.24) is 15.0 Å². The molecule has 2 atom stereocenters. The first-order chi connectivity index (χ1) is 9.59. The minimum absolute atomic E-state index is 0.188. The summed E-state index contributed by atoms with van der Waals surface area (Å²) in [5.41, 5.74) is 0.258. The maximum atomic E-state index is 11.4. The maximum absolute atomic E-state index is 11.4. The van der Waals surface area contributed by atoms with Gasteiger partial charge in [0.15, 0.2) is 5.65 Å². The van der Waals surface area contributed by atoms with Crippen LogP contribution in [0, 0.1) is 5.41 Å². The number of anilines is 1. The normalized spacial score (nSPS) is 25.8. The van der Waals surface area contributed by atoms with Gasteiger partial charge in [-0.15, -0.1) is 0 Å². The summed E-state index contributed by atoms with van der Waals surface area (Å²) in [7, 11) is 0. The topological polar surface area (TPSA) is 97.2 Å². The van der Waals surface area contributed by atoms with Gasteiger partial charge in [-0.2, -0.15) is 0 Å². The van der Waals surface area contributed by atoms with E-state index in [4.69, 9.17) is 4.74 Å². The van der Waals surface area contributed by atoms with Gasteiger partial charge in [0.05, 0.1) is 19.3 Å². The second kappa shape index (κ2) is 4.68. The largest absolute Gasteiger partial charge is 0.481 e. The smallest absolute Gasteiger partial charge is 0.313 e. The average Bonchev–Trinajstić information content (AvgIpc) is 2.81. The number of ether oxygens (including phenoxy) is 1. The number of carboxylic acid groups (broad SMARTS) is 1. The first kappa shape index (κ1) is 12.7. The molecule has 7 heteroatoms. The zero-order chi connectivity index (χ0) is 14.2. The van der Waals surface area contributed by atoms with Crippen molar-refractivity contribution in [2.24, 2.45) is 5.41 Å². The Morgan fingerprint density at radius 2 is 2.25 bits per heavy atom. The van der Waals surface area contributed by atoms with Gasteiger partial charge in [-0.25, -0.2) is 9.97 Å². The van der Waals surface area contributed by atoms with Crippen LogP contribution >= 0.6 is 0 Å². The molecule has 0 amide bonds. The van der Waals surface area contributed by atoms with Gasteiger partial charge in [-0.1, -0.05) is 0 Å². The van der Waals surface area contributed by atoms with Crippen molar-refractivity contribution in [3.63, 3.8) is 0 Å². The van der Waals surface area contributed by atoms with Crippen molar-refractivity contribution in [2.45, 2.75) is 13.0 Å². The van der Waals surface area contributed by atoms with E-state index in [0.717, 1.165) is 0 Å². The standard InChI is InChI=1S/C13H14N4O3/c1-13(12(18)19)7-20-6-9(13)16-10-3-2-8-11(17-10)15-5-4-14-8/h2-5,9H,6-7H2,1H3,(H,18,19)(H,15,16,17). The van der Waals surface area contributed by atoms with Crippen molar-refractivity contribution in [1.29, 1.82) is 0 Å². The van der Waals surface area contributed by atoms with Gasteiger partial charge in [0.2, 0.25) is 0 Å². The predicted octanol–water partition coefficient (Wildman–Crippen LogP) is 0.926. The van der Waals surface area contributed by atoms with E-state index in [-0.39, 0.29) is 12.6 Å². The molecule has 1 fully saturated rings. The van der Waals surface area contributed by atoms with Gasteiger partial charge in [0.25, 0.3) is 0 Å². The number of carbonyl (C=O) groups is 1. The first-order valence-corrected chi connectivity index (χ1v) is 6.25. The van der Waals surface area contributed by atoms with Crippen LogP contribution < -0.4 is 5.32 Å². The molecule has 2 aromatic heterocycles. The minimum atomic E-state index is -0.959. The summed E-state index contributed by atoms with van der Waals surface area (Å²) in [4.78, 5) is 24.0. The van der Waals surface area contributed by atoms with E-state index in [2.05, 4.69) is 20.3 Å². The number of nitrogens with zero attached hydrogens (tertiary/aromatic N) is 3. The molecule has 1 aliphatic heterocycles. The molecule has 3 heterocycles. The number of aromatic nitrogens is 3.